The normalized spacial score (nSPS) is 15.5. The van der Waals surface area contributed by atoms with Gasteiger partial charge in [0.1, 0.15) is 0 Å². The Balaban J connectivity index is 0.00000320. The quantitative estimate of drug-likeness (QED) is 0.328. The van der Waals surface area contributed by atoms with Crippen molar-refractivity contribution >= 4 is 29.9 Å². The minimum Gasteiger partial charge on any atom is -0.494 e. The van der Waals surface area contributed by atoms with Crippen molar-refractivity contribution in [2.24, 2.45) is 4.99 Å². The van der Waals surface area contributed by atoms with Crippen molar-refractivity contribution in [1.82, 2.24) is 25.3 Å². The molecule has 1 aliphatic heterocycles. The van der Waals surface area contributed by atoms with Gasteiger partial charge in [-0.2, -0.15) is 5.10 Å². The molecule has 2 heterocycles. The number of benzene rings is 1. The van der Waals surface area contributed by atoms with E-state index in [4.69, 9.17) is 4.74 Å². The molecule has 0 spiro atoms. The summed E-state index contributed by atoms with van der Waals surface area (Å²) < 4.78 is 20.8. The Hall–Kier alpha value is -1.88. The maximum Gasteiger partial charge on any atom is 0.191 e. The molecule has 0 aliphatic carbocycles. The van der Waals surface area contributed by atoms with Crippen molar-refractivity contribution in [2.75, 3.05) is 33.8 Å². The number of piperidine rings is 1. The van der Waals surface area contributed by atoms with Crippen LogP contribution in [0, 0.1) is 12.7 Å². The van der Waals surface area contributed by atoms with Gasteiger partial charge in [0.05, 0.1) is 19.9 Å². The first-order valence-corrected chi connectivity index (χ1v) is 10.1. The number of nitrogens with one attached hydrogen (secondary N) is 2. The van der Waals surface area contributed by atoms with Gasteiger partial charge >= 0.3 is 0 Å². The molecule has 9 heteroatoms. The van der Waals surface area contributed by atoms with Gasteiger partial charge in [0.2, 0.25) is 0 Å². The third-order valence-corrected chi connectivity index (χ3v) is 5.17. The minimum absolute atomic E-state index is 0. The Bertz CT molecular complexity index is 820. The summed E-state index contributed by atoms with van der Waals surface area (Å²) in [6, 6.07) is 5.57. The fourth-order valence-corrected chi connectivity index (χ4v) is 3.57. The highest BCUT2D eigenvalue weighted by Gasteiger charge is 2.20. The smallest absolute Gasteiger partial charge is 0.191 e. The van der Waals surface area contributed by atoms with Gasteiger partial charge in [-0.1, -0.05) is 6.07 Å². The van der Waals surface area contributed by atoms with Crippen LogP contribution in [0.1, 0.15) is 24.0 Å². The van der Waals surface area contributed by atoms with Crippen LogP contribution in [0.2, 0.25) is 0 Å². The number of hydrogen-bond acceptors (Lipinski definition) is 4. The lowest BCUT2D eigenvalue weighted by atomic mass is 10.0. The van der Waals surface area contributed by atoms with Crippen molar-refractivity contribution in [3.05, 3.63) is 47.5 Å². The van der Waals surface area contributed by atoms with E-state index in [0.717, 1.165) is 62.7 Å². The molecule has 1 fully saturated rings. The number of rotatable bonds is 7. The summed E-state index contributed by atoms with van der Waals surface area (Å²) in [5.74, 6) is 0.810. The first kappa shape index (κ1) is 24.4. The molecule has 1 aromatic carbocycles. The first-order valence-electron chi connectivity index (χ1n) is 10.1. The zero-order valence-corrected chi connectivity index (χ0v) is 20.2. The Morgan fingerprint density at radius 1 is 1.33 bits per heavy atom. The van der Waals surface area contributed by atoms with Gasteiger partial charge in [-0.15, -0.1) is 24.0 Å². The summed E-state index contributed by atoms with van der Waals surface area (Å²) in [5, 5.41) is 11.2. The van der Waals surface area contributed by atoms with Crippen LogP contribution >= 0.6 is 24.0 Å². The molecule has 166 valence electrons. The second-order valence-corrected chi connectivity index (χ2v) is 7.44. The van der Waals surface area contributed by atoms with Gasteiger partial charge < -0.3 is 15.4 Å². The highest BCUT2D eigenvalue weighted by Crippen LogP contribution is 2.20. The van der Waals surface area contributed by atoms with Gasteiger partial charge in [-0.25, -0.2) is 4.39 Å². The van der Waals surface area contributed by atoms with E-state index in [9.17, 15) is 4.39 Å². The number of nitrogens with zero attached hydrogens (tertiary/aromatic N) is 4. The van der Waals surface area contributed by atoms with Crippen LogP contribution in [-0.2, 0) is 13.1 Å². The molecule has 0 saturated carbocycles. The molecule has 1 saturated heterocycles. The number of hydrogen-bond donors (Lipinski definition) is 2. The molecule has 0 atom stereocenters. The van der Waals surface area contributed by atoms with Crippen LogP contribution in [0.3, 0.4) is 0 Å². The molecule has 3 rings (SSSR count). The summed E-state index contributed by atoms with van der Waals surface area (Å²) >= 11 is 0. The molecule has 30 heavy (non-hydrogen) atoms. The van der Waals surface area contributed by atoms with Crippen LogP contribution in [0.15, 0.2) is 35.6 Å². The lowest BCUT2D eigenvalue weighted by Gasteiger charge is -2.33. The zero-order chi connectivity index (χ0) is 20.6. The largest absolute Gasteiger partial charge is 0.494 e. The van der Waals surface area contributed by atoms with E-state index in [1.54, 1.807) is 19.2 Å². The molecular formula is C21H32FIN6O. The number of methoxy groups -OCH3 is 1. The third-order valence-electron chi connectivity index (χ3n) is 5.17. The highest BCUT2D eigenvalue weighted by molar-refractivity contribution is 14.0. The van der Waals surface area contributed by atoms with Gasteiger partial charge in [0.25, 0.3) is 0 Å². The molecule has 0 bridgehead atoms. The lowest BCUT2D eigenvalue weighted by Crippen LogP contribution is -2.49. The van der Waals surface area contributed by atoms with Gasteiger partial charge in [0, 0.05) is 45.5 Å². The number of guanidine groups is 1. The molecule has 1 aromatic heterocycles. The standard InChI is InChI=1S/C21H31FN6O.HI/c1-16-13-25-28(14-16)11-8-24-21(23-2)26-18-6-9-27(10-7-18)15-17-4-5-20(29-3)19(22)12-17;/h4-5,12-14,18H,6-11,15H2,1-3H3,(H2,23,24,26);1H. The molecule has 2 N–H and O–H groups in total. The summed E-state index contributed by atoms with van der Waals surface area (Å²) in [4.78, 5) is 6.69. The first-order chi connectivity index (χ1) is 14.1. The van der Waals surface area contributed by atoms with Gasteiger partial charge in [0.15, 0.2) is 17.5 Å². The van der Waals surface area contributed by atoms with Crippen LogP contribution in [0.5, 0.6) is 5.75 Å². The van der Waals surface area contributed by atoms with Crippen LogP contribution in [0.4, 0.5) is 4.39 Å². The number of halogens is 2. The Morgan fingerprint density at radius 3 is 2.70 bits per heavy atom. The summed E-state index contributed by atoms with van der Waals surface area (Å²) in [6.45, 7) is 6.29. The van der Waals surface area contributed by atoms with E-state index in [1.165, 1.54) is 7.11 Å². The fraction of sp³-hybridized carbons (Fsp3) is 0.524. The average molecular weight is 530 g/mol. The van der Waals surface area contributed by atoms with Crippen molar-refractivity contribution < 1.29 is 9.13 Å². The predicted octanol–water partition coefficient (Wildman–Crippen LogP) is 2.79. The minimum atomic E-state index is -0.304. The molecule has 7 nitrogen and oxygen atoms in total. The Kier molecular flexibility index (Phi) is 9.83. The maximum atomic E-state index is 13.9. The monoisotopic (exact) mass is 530 g/mol. The summed E-state index contributed by atoms with van der Waals surface area (Å²) in [7, 11) is 3.28. The van der Waals surface area contributed by atoms with Crippen molar-refractivity contribution in [2.45, 2.75) is 38.9 Å². The van der Waals surface area contributed by atoms with Crippen molar-refractivity contribution in [3.63, 3.8) is 0 Å². The van der Waals surface area contributed by atoms with Crippen molar-refractivity contribution in [3.8, 4) is 5.75 Å². The SMILES string of the molecule is CN=C(NCCn1cc(C)cn1)NC1CCN(Cc2ccc(OC)c(F)c2)CC1.I. The molecule has 2 aromatic rings. The Morgan fingerprint density at radius 2 is 2.10 bits per heavy atom. The molecular weight excluding hydrogens is 498 g/mol. The Labute approximate surface area is 195 Å². The zero-order valence-electron chi connectivity index (χ0n) is 17.9. The van der Waals surface area contributed by atoms with E-state index in [0.29, 0.717) is 11.8 Å². The van der Waals surface area contributed by atoms with Gasteiger partial charge in [-0.3, -0.25) is 14.6 Å². The lowest BCUT2D eigenvalue weighted by molar-refractivity contribution is 0.198. The molecule has 0 amide bonds. The highest BCUT2D eigenvalue weighted by atomic mass is 127. The van der Waals surface area contributed by atoms with E-state index in [-0.39, 0.29) is 29.8 Å². The van der Waals surface area contributed by atoms with E-state index in [2.05, 4.69) is 25.6 Å². The van der Waals surface area contributed by atoms with Crippen LogP contribution in [-0.4, -0.2) is 60.5 Å². The van der Waals surface area contributed by atoms with E-state index < -0.39 is 0 Å². The fourth-order valence-electron chi connectivity index (χ4n) is 3.57. The van der Waals surface area contributed by atoms with Crippen LogP contribution < -0.4 is 15.4 Å². The number of aryl methyl sites for hydroxylation is 1. The summed E-state index contributed by atoms with van der Waals surface area (Å²) in [5.41, 5.74) is 2.14. The van der Waals surface area contributed by atoms with E-state index in [1.807, 2.05) is 30.1 Å². The third kappa shape index (κ3) is 7.12. The second kappa shape index (κ2) is 12.1. The molecule has 0 unspecified atom stereocenters. The number of ether oxygens (including phenoxy) is 1. The molecule has 1 aliphatic rings. The number of aliphatic imine (C=N–C) groups is 1. The predicted molar refractivity (Wildman–Crippen MR) is 128 cm³/mol. The van der Waals surface area contributed by atoms with Gasteiger partial charge in [-0.05, 0) is 43.0 Å². The summed E-state index contributed by atoms with van der Waals surface area (Å²) in [6.07, 6.45) is 5.94. The van der Waals surface area contributed by atoms with Crippen molar-refractivity contribution in [1.29, 1.82) is 0 Å². The number of aromatic nitrogens is 2. The maximum absolute atomic E-state index is 13.9. The van der Waals surface area contributed by atoms with E-state index >= 15 is 0 Å². The topological polar surface area (TPSA) is 66.7 Å². The second-order valence-electron chi connectivity index (χ2n) is 7.44. The van der Waals surface area contributed by atoms with Crippen LogP contribution in [0.25, 0.3) is 0 Å². The average Bonchev–Trinajstić information content (AvgIpc) is 3.14. The molecule has 0 radical (unpaired) electrons. The number of likely N-dealkylation sites (tertiary alicyclic amines) is 1.